The highest BCUT2D eigenvalue weighted by Crippen LogP contribution is 2.09. The Morgan fingerprint density at radius 2 is 1.61 bits per heavy atom. The van der Waals surface area contributed by atoms with Gasteiger partial charge in [-0.25, -0.2) is 4.79 Å². The van der Waals surface area contributed by atoms with E-state index in [9.17, 15) is 9.59 Å². The standard InChI is InChI=1S/C16H27O2/c1-2-3-4-7-10-13-16(18)14-11-8-5-6-9-12-15-17/h12,14H,2-11,13H2,1H3. The van der Waals surface area contributed by atoms with Gasteiger partial charge in [-0.1, -0.05) is 45.4 Å². The Morgan fingerprint density at radius 1 is 0.944 bits per heavy atom. The molecule has 0 atom stereocenters. The first kappa shape index (κ1) is 17.1. The van der Waals surface area contributed by atoms with Gasteiger partial charge in [0, 0.05) is 12.8 Å². The number of hydrogen-bond acceptors (Lipinski definition) is 2. The lowest BCUT2D eigenvalue weighted by Crippen LogP contribution is -1.98. The first-order chi connectivity index (χ1) is 8.81. The minimum atomic E-state index is 0.305. The molecule has 0 aliphatic carbocycles. The summed E-state index contributed by atoms with van der Waals surface area (Å²) in [4.78, 5) is 21.4. The molecule has 0 amide bonds. The summed E-state index contributed by atoms with van der Waals surface area (Å²) in [7, 11) is 0. The zero-order valence-corrected chi connectivity index (χ0v) is 11.7. The summed E-state index contributed by atoms with van der Waals surface area (Å²) in [5.41, 5.74) is 0. The first-order valence-electron chi connectivity index (χ1n) is 7.36. The number of ketones is 1. The Labute approximate surface area is 112 Å². The van der Waals surface area contributed by atoms with Crippen molar-refractivity contribution in [2.24, 2.45) is 0 Å². The topological polar surface area (TPSA) is 34.1 Å². The second-order valence-electron chi connectivity index (χ2n) is 4.79. The molecular weight excluding hydrogens is 224 g/mol. The Hall–Kier alpha value is -0.880. The average Bonchev–Trinajstić information content (AvgIpc) is 2.37. The second-order valence-corrected chi connectivity index (χ2v) is 4.79. The van der Waals surface area contributed by atoms with Gasteiger partial charge in [0.1, 0.15) is 11.7 Å². The molecule has 0 N–H and O–H groups in total. The van der Waals surface area contributed by atoms with Gasteiger partial charge in [-0.05, 0) is 31.8 Å². The van der Waals surface area contributed by atoms with Crippen LogP contribution >= 0.6 is 0 Å². The Balaban J connectivity index is 3.19. The van der Waals surface area contributed by atoms with Crippen molar-refractivity contribution in [3.8, 4) is 0 Å². The van der Waals surface area contributed by atoms with Crippen LogP contribution in [0.25, 0.3) is 0 Å². The van der Waals surface area contributed by atoms with Gasteiger partial charge < -0.3 is 0 Å². The summed E-state index contributed by atoms with van der Waals surface area (Å²) in [5, 5.41) is 0. The van der Waals surface area contributed by atoms with Crippen LogP contribution in [0.2, 0.25) is 0 Å². The normalized spacial score (nSPS) is 10.1. The molecule has 2 nitrogen and oxygen atoms in total. The molecule has 0 rings (SSSR count). The summed E-state index contributed by atoms with van der Waals surface area (Å²) < 4.78 is 0. The third-order valence-corrected chi connectivity index (χ3v) is 3.03. The summed E-state index contributed by atoms with van der Waals surface area (Å²) in [6, 6.07) is 0. The number of carbonyl (C=O) groups is 1. The van der Waals surface area contributed by atoms with Crippen molar-refractivity contribution < 1.29 is 9.59 Å². The maximum absolute atomic E-state index is 11.5. The largest absolute Gasteiger partial charge is 0.299 e. The Morgan fingerprint density at radius 3 is 2.33 bits per heavy atom. The van der Waals surface area contributed by atoms with Gasteiger partial charge in [0.2, 0.25) is 0 Å². The molecule has 0 spiro atoms. The van der Waals surface area contributed by atoms with E-state index in [1.54, 1.807) is 5.94 Å². The van der Waals surface area contributed by atoms with Gasteiger partial charge in [-0.3, -0.25) is 4.79 Å². The SMILES string of the molecule is CCCCCCCC(=O)[CH]CCCCCC=C=O. The third-order valence-electron chi connectivity index (χ3n) is 3.03. The maximum Gasteiger partial charge on any atom is 0.136 e. The number of unbranched alkanes of at least 4 members (excludes halogenated alkanes) is 8. The smallest absolute Gasteiger partial charge is 0.136 e. The fourth-order valence-electron chi connectivity index (χ4n) is 1.89. The van der Waals surface area contributed by atoms with Crippen LogP contribution < -0.4 is 0 Å². The monoisotopic (exact) mass is 251 g/mol. The lowest BCUT2D eigenvalue weighted by Gasteiger charge is -2.01. The van der Waals surface area contributed by atoms with Gasteiger partial charge >= 0.3 is 0 Å². The molecular formula is C16H27O2. The fraction of sp³-hybridized carbons (Fsp3) is 0.750. The van der Waals surface area contributed by atoms with Crippen LogP contribution in [0, 0.1) is 6.42 Å². The summed E-state index contributed by atoms with van der Waals surface area (Å²) in [5.74, 6) is 2.08. The summed E-state index contributed by atoms with van der Waals surface area (Å²) in [6.07, 6.45) is 15.0. The average molecular weight is 251 g/mol. The van der Waals surface area contributed by atoms with Crippen LogP contribution in [0.1, 0.15) is 77.6 Å². The molecule has 0 bridgehead atoms. The van der Waals surface area contributed by atoms with E-state index in [1.807, 2.05) is 6.42 Å². The zero-order valence-electron chi connectivity index (χ0n) is 11.7. The first-order valence-corrected chi connectivity index (χ1v) is 7.36. The van der Waals surface area contributed by atoms with E-state index in [4.69, 9.17) is 0 Å². The molecule has 0 aromatic carbocycles. The lowest BCUT2D eigenvalue weighted by molar-refractivity contribution is -0.116. The molecule has 103 valence electrons. The van der Waals surface area contributed by atoms with Crippen LogP contribution in [0.15, 0.2) is 6.08 Å². The fourth-order valence-corrected chi connectivity index (χ4v) is 1.89. The highest BCUT2D eigenvalue weighted by molar-refractivity contribution is 5.86. The van der Waals surface area contributed by atoms with E-state index >= 15 is 0 Å². The zero-order chi connectivity index (χ0) is 13.5. The van der Waals surface area contributed by atoms with E-state index in [1.165, 1.54) is 31.8 Å². The van der Waals surface area contributed by atoms with E-state index in [0.717, 1.165) is 44.9 Å². The van der Waals surface area contributed by atoms with Crippen LogP contribution in [-0.2, 0) is 9.59 Å². The van der Waals surface area contributed by atoms with Crippen LogP contribution in [-0.4, -0.2) is 11.7 Å². The molecule has 0 saturated carbocycles. The third kappa shape index (κ3) is 13.2. The van der Waals surface area contributed by atoms with Gasteiger partial charge in [0.15, 0.2) is 0 Å². The Bertz CT molecular complexity index is 239. The number of allylic oxidation sites excluding steroid dienone is 1. The van der Waals surface area contributed by atoms with Crippen molar-refractivity contribution in [2.75, 3.05) is 0 Å². The van der Waals surface area contributed by atoms with Gasteiger partial charge in [-0.15, -0.1) is 0 Å². The predicted molar refractivity (Wildman–Crippen MR) is 76.0 cm³/mol. The van der Waals surface area contributed by atoms with Crippen molar-refractivity contribution in [3.05, 3.63) is 12.5 Å². The molecule has 0 aliphatic rings. The van der Waals surface area contributed by atoms with Crippen LogP contribution in [0.4, 0.5) is 0 Å². The number of hydrogen-bond donors (Lipinski definition) is 0. The van der Waals surface area contributed by atoms with Crippen molar-refractivity contribution >= 4 is 11.7 Å². The number of Topliss-reactive ketones (excluding diaryl/α,β-unsaturated/α-hetero) is 1. The summed E-state index contributed by atoms with van der Waals surface area (Å²) in [6.45, 7) is 2.20. The molecule has 0 aromatic rings. The lowest BCUT2D eigenvalue weighted by atomic mass is 10.0. The molecule has 1 radical (unpaired) electrons. The molecule has 0 fully saturated rings. The Kier molecular flexibility index (Phi) is 13.5. The molecule has 0 aliphatic heterocycles. The van der Waals surface area contributed by atoms with E-state index in [0.29, 0.717) is 5.78 Å². The van der Waals surface area contributed by atoms with Crippen molar-refractivity contribution in [1.29, 1.82) is 0 Å². The van der Waals surface area contributed by atoms with E-state index < -0.39 is 0 Å². The predicted octanol–water partition coefficient (Wildman–Crippen LogP) is 4.46. The molecule has 2 heteroatoms. The highest BCUT2D eigenvalue weighted by atomic mass is 16.1. The van der Waals surface area contributed by atoms with Crippen LogP contribution in [0.3, 0.4) is 0 Å². The molecule has 0 unspecified atom stereocenters. The van der Waals surface area contributed by atoms with Gasteiger partial charge in [-0.2, -0.15) is 0 Å². The van der Waals surface area contributed by atoms with Crippen LogP contribution in [0.5, 0.6) is 0 Å². The van der Waals surface area contributed by atoms with E-state index in [2.05, 4.69) is 6.92 Å². The minimum absolute atomic E-state index is 0.305. The van der Waals surface area contributed by atoms with E-state index in [-0.39, 0.29) is 0 Å². The minimum Gasteiger partial charge on any atom is -0.299 e. The summed E-state index contributed by atoms with van der Waals surface area (Å²) >= 11 is 0. The number of rotatable bonds is 13. The molecule has 18 heavy (non-hydrogen) atoms. The molecule has 0 heterocycles. The molecule has 0 saturated heterocycles. The van der Waals surface area contributed by atoms with Gasteiger partial charge in [0.05, 0.1) is 0 Å². The highest BCUT2D eigenvalue weighted by Gasteiger charge is 2.01. The van der Waals surface area contributed by atoms with Crippen molar-refractivity contribution in [2.45, 2.75) is 77.6 Å². The van der Waals surface area contributed by atoms with Gasteiger partial charge in [0.25, 0.3) is 0 Å². The number of carbonyl (C=O) groups excluding carboxylic acids is 2. The second kappa shape index (κ2) is 14.2. The van der Waals surface area contributed by atoms with Crippen molar-refractivity contribution in [3.63, 3.8) is 0 Å². The molecule has 0 aromatic heterocycles. The quantitative estimate of drug-likeness (QED) is 0.358. The van der Waals surface area contributed by atoms with Crippen molar-refractivity contribution in [1.82, 2.24) is 0 Å². The maximum atomic E-state index is 11.5.